The van der Waals surface area contributed by atoms with Crippen molar-refractivity contribution in [2.75, 3.05) is 33.4 Å². The number of rotatable bonds is 11. The van der Waals surface area contributed by atoms with E-state index in [1.807, 2.05) is 42.5 Å². The van der Waals surface area contributed by atoms with Gasteiger partial charge in [-0.2, -0.15) is 0 Å². The van der Waals surface area contributed by atoms with E-state index < -0.39 is 0 Å². The number of nitrogens with zero attached hydrogens (tertiary/aromatic N) is 1. The Morgan fingerprint density at radius 2 is 1.87 bits per heavy atom. The molecule has 2 aromatic carbocycles. The molecular weight excluding hydrogens is 378 g/mol. The Bertz CT molecular complexity index is 761. The van der Waals surface area contributed by atoms with Gasteiger partial charge in [0.1, 0.15) is 12.4 Å². The summed E-state index contributed by atoms with van der Waals surface area (Å²) in [7, 11) is 1.79. The lowest BCUT2D eigenvalue weighted by molar-refractivity contribution is 0.0168. The van der Waals surface area contributed by atoms with Gasteiger partial charge < -0.3 is 24.8 Å². The molecule has 162 valence electrons. The number of aliphatic imine (C=N–C) groups is 1. The molecular formula is C24H33N3O3. The highest BCUT2D eigenvalue weighted by atomic mass is 16.5. The van der Waals surface area contributed by atoms with Crippen molar-refractivity contribution in [3.05, 3.63) is 65.7 Å². The number of hydrogen-bond donors (Lipinski definition) is 2. The maximum atomic E-state index is 5.91. The lowest BCUT2D eigenvalue weighted by atomic mass is 10.1. The normalized spacial score (nSPS) is 16.4. The molecule has 0 spiro atoms. The SMILES string of the molecule is CN=C(NCCCOCC1CCCO1)NCc1ccccc1COc1ccccc1. The molecule has 0 bridgehead atoms. The summed E-state index contributed by atoms with van der Waals surface area (Å²) in [5, 5.41) is 6.72. The Hall–Kier alpha value is -2.57. The largest absolute Gasteiger partial charge is 0.489 e. The van der Waals surface area contributed by atoms with E-state index in [9.17, 15) is 0 Å². The van der Waals surface area contributed by atoms with Gasteiger partial charge in [0.2, 0.25) is 0 Å². The quantitative estimate of drug-likeness (QED) is 0.337. The second kappa shape index (κ2) is 12.9. The van der Waals surface area contributed by atoms with Crippen molar-refractivity contribution in [1.29, 1.82) is 0 Å². The predicted molar refractivity (Wildman–Crippen MR) is 120 cm³/mol. The van der Waals surface area contributed by atoms with Crippen LogP contribution in [0, 0.1) is 0 Å². The summed E-state index contributed by atoms with van der Waals surface area (Å²) in [5.74, 6) is 1.66. The Labute approximate surface area is 179 Å². The molecule has 1 atom stereocenters. The van der Waals surface area contributed by atoms with Crippen LogP contribution in [-0.2, 0) is 22.6 Å². The summed E-state index contributed by atoms with van der Waals surface area (Å²) in [6.45, 7) is 4.33. The molecule has 30 heavy (non-hydrogen) atoms. The van der Waals surface area contributed by atoms with E-state index in [0.717, 1.165) is 56.3 Å². The van der Waals surface area contributed by atoms with Gasteiger partial charge in [-0.25, -0.2) is 0 Å². The van der Waals surface area contributed by atoms with Crippen molar-refractivity contribution in [1.82, 2.24) is 10.6 Å². The molecule has 0 amide bonds. The van der Waals surface area contributed by atoms with Crippen LogP contribution in [0.1, 0.15) is 30.4 Å². The number of para-hydroxylation sites is 1. The molecule has 0 radical (unpaired) electrons. The van der Waals surface area contributed by atoms with Gasteiger partial charge in [-0.05, 0) is 42.5 Å². The van der Waals surface area contributed by atoms with Gasteiger partial charge in [-0.3, -0.25) is 4.99 Å². The minimum atomic E-state index is 0.290. The van der Waals surface area contributed by atoms with Gasteiger partial charge in [-0.1, -0.05) is 42.5 Å². The lowest BCUT2D eigenvalue weighted by Gasteiger charge is -2.15. The minimum absolute atomic E-state index is 0.290. The number of nitrogens with one attached hydrogen (secondary N) is 2. The number of hydrogen-bond acceptors (Lipinski definition) is 4. The van der Waals surface area contributed by atoms with E-state index in [1.165, 1.54) is 5.56 Å². The number of guanidine groups is 1. The molecule has 6 heteroatoms. The molecule has 0 aromatic heterocycles. The zero-order valence-corrected chi connectivity index (χ0v) is 17.8. The van der Waals surface area contributed by atoms with Crippen LogP contribution < -0.4 is 15.4 Å². The highest BCUT2D eigenvalue weighted by Crippen LogP contribution is 2.15. The molecule has 1 aliphatic heterocycles. The zero-order chi connectivity index (χ0) is 20.9. The van der Waals surface area contributed by atoms with Crippen LogP contribution >= 0.6 is 0 Å². The second-order valence-corrected chi connectivity index (χ2v) is 7.29. The third-order valence-corrected chi connectivity index (χ3v) is 5.01. The first-order chi connectivity index (χ1) is 14.8. The van der Waals surface area contributed by atoms with E-state index in [2.05, 4.69) is 27.8 Å². The summed E-state index contributed by atoms with van der Waals surface area (Å²) in [4.78, 5) is 4.31. The molecule has 1 fully saturated rings. The number of ether oxygens (including phenoxy) is 3. The Morgan fingerprint density at radius 1 is 1.07 bits per heavy atom. The summed E-state index contributed by atoms with van der Waals surface area (Å²) in [6.07, 6.45) is 3.49. The van der Waals surface area contributed by atoms with Crippen LogP contribution in [0.3, 0.4) is 0 Å². The van der Waals surface area contributed by atoms with Crippen molar-refractivity contribution in [2.45, 2.75) is 38.5 Å². The molecule has 2 N–H and O–H groups in total. The van der Waals surface area contributed by atoms with Crippen LogP contribution in [0.5, 0.6) is 5.75 Å². The third-order valence-electron chi connectivity index (χ3n) is 5.01. The molecule has 1 unspecified atom stereocenters. The van der Waals surface area contributed by atoms with Crippen LogP contribution in [-0.4, -0.2) is 45.5 Å². The van der Waals surface area contributed by atoms with Gasteiger partial charge in [0, 0.05) is 33.4 Å². The van der Waals surface area contributed by atoms with Gasteiger partial charge in [-0.15, -0.1) is 0 Å². The van der Waals surface area contributed by atoms with E-state index in [-0.39, 0.29) is 0 Å². The molecule has 1 saturated heterocycles. The predicted octanol–water partition coefficient (Wildman–Crippen LogP) is 3.52. The maximum Gasteiger partial charge on any atom is 0.191 e. The topological polar surface area (TPSA) is 64.1 Å². The van der Waals surface area contributed by atoms with Crippen molar-refractivity contribution in [3.8, 4) is 5.75 Å². The van der Waals surface area contributed by atoms with Gasteiger partial charge in [0.15, 0.2) is 5.96 Å². The fraction of sp³-hybridized carbons (Fsp3) is 0.458. The summed E-state index contributed by atoms with van der Waals surface area (Å²) >= 11 is 0. The number of benzene rings is 2. The third kappa shape index (κ3) is 7.69. The minimum Gasteiger partial charge on any atom is -0.489 e. The smallest absolute Gasteiger partial charge is 0.191 e. The average Bonchev–Trinajstić information content (AvgIpc) is 3.31. The highest BCUT2D eigenvalue weighted by molar-refractivity contribution is 5.79. The fourth-order valence-electron chi connectivity index (χ4n) is 3.32. The van der Waals surface area contributed by atoms with Gasteiger partial charge >= 0.3 is 0 Å². The summed E-state index contributed by atoms with van der Waals surface area (Å²) in [5.41, 5.74) is 2.35. The molecule has 0 aliphatic carbocycles. The summed E-state index contributed by atoms with van der Waals surface area (Å²) in [6, 6.07) is 18.2. The Morgan fingerprint density at radius 3 is 2.63 bits per heavy atom. The standard InChI is InChI=1S/C24H33N3O3/c1-25-24(26-14-8-15-28-19-23-13-7-16-29-23)27-17-20-9-5-6-10-21(20)18-30-22-11-3-2-4-12-22/h2-6,9-12,23H,7-8,13-19H2,1H3,(H2,25,26,27). The van der Waals surface area contributed by atoms with Gasteiger partial charge in [0.05, 0.1) is 12.7 Å². The Balaban J connectivity index is 1.36. The van der Waals surface area contributed by atoms with Gasteiger partial charge in [0.25, 0.3) is 0 Å². The summed E-state index contributed by atoms with van der Waals surface area (Å²) < 4.78 is 17.2. The molecule has 3 rings (SSSR count). The molecule has 2 aromatic rings. The van der Waals surface area contributed by atoms with Crippen molar-refractivity contribution < 1.29 is 14.2 Å². The van der Waals surface area contributed by atoms with Crippen LogP contribution in [0.2, 0.25) is 0 Å². The van der Waals surface area contributed by atoms with E-state index in [1.54, 1.807) is 7.05 Å². The van der Waals surface area contributed by atoms with Crippen LogP contribution in [0.25, 0.3) is 0 Å². The van der Waals surface area contributed by atoms with Crippen molar-refractivity contribution >= 4 is 5.96 Å². The monoisotopic (exact) mass is 411 g/mol. The highest BCUT2D eigenvalue weighted by Gasteiger charge is 2.14. The van der Waals surface area contributed by atoms with E-state index in [4.69, 9.17) is 14.2 Å². The van der Waals surface area contributed by atoms with E-state index in [0.29, 0.717) is 25.9 Å². The maximum absolute atomic E-state index is 5.91. The molecule has 1 aliphatic rings. The molecule has 0 saturated carbocycles. The van der Waals surface area contributed by atoms with Crippen LogP contribution in [0.4, 0.5) is 0 Å². The van der Waals surface area contributed by atoms with Crippen LogP contribution in [0.15, 0.2) is 59.6 Å². The second-order valence-electron chi connectivity index (χ2n) is 7.29. The van der Waals surface area contributed by atoms with Crippen molar-refractivity contribution in [3.63, 3.8) is 0 Å². The first-order valence-electron chi connectivity index (χ1n) is 10.7. The first kappa shape index (κ1) is 22.1. The zero-order valence-electron chi connectivity index (χ0n) is 17.8. The average molecular weight is 412 g/mol. The lowest BCUT2D eigenvalue weighted by Crippen LogP contribution is -2.37. The fourth-order valence-corrected chi connectivity index (χ4v) is 3.32. The molecule has 6 nitrogen and oxygen atoms in total. The first-order valence-corrected chi connectivity index (χ1v) is 10.7. The van der Waals surface area contributed by atoms with Crippen molar-refractivity contribution in [2.24, 2.45) is 4.99 Å². The molecule has 1 heterocycles. The Kier molecular flexibility index (Phi) is 9.50. The van der Waals surface area contributed by atoms with E-state index >= 15 is 0 Å².